The van der Waals surface area contributed by atoms with Crippen molar-refractivity contribution in [2.45, 2.75) is 6.42 Å². The van der Waals surface area contributed by atoms with Crippen molar-refractivity contribution < 1.29 is 8.42 Å². The number of halogens is 1. The van der Waals surface area contributed by atoms with Crippen LogP contribution in [0.4, 0.5) is 5.69 Å². The SMILES string of the molecule is O=S(=O)(CCCl)CCCNc1cc[c]cc1. The average molecular weight is 261 g/mol. The highest BCUT2D eigenvalue weighted by Gasteiger charge is 2.08. The van der Waals surface area contributed by atoms with Gasteiger partial charge in [-0.25, -0.2) is 8.42 Å². The Morgan fingerprint density at radius 3 is 2.56 bits per heavy atom. The van der Waals surface area contributed by atoms with Gasteiger partial charge in [0.05, 0.1) is 11.5 Å². The Bertz CT molecular complexity index is 392. The van der Waals surface area contributed by atoms with Gasteiger partial charge in [0.2, 0.25) is 0 Å². The summed E-state index contributed by atoms with van der Waals surface area (Å²) in [6.07, 6.45) is 0.595. The summed E-state index contributed by atoms with van der Waals surface area (Å²) >= 11 is 5.40. The highest BCUT2D eigenvalue weighted by Crippen LogP contribution is 2.04. The van der Waals surface area contributed by atoms with Crippen molar-refractivity contribution in [3.05, 3.63) is 30.3 Å². The summed E-state index contributed by atoms with van der Waals surface area (Å²) in [7, 11) is -2.96. The molecule has 0 aliphatic heterocycles. The van der Waals surface area contributed by atoms with Crippen LogP contribution >= 0.6 is 11.6 Å². The molecule has 1 N–H and O–H groups in total. The van der Waals surface area contributed by atoms with Crippen LogP contribution in [0.5, 0.6) is 0 Å². The third-order valence-corrected chi connectivity index (χ3v) is 4.22. The second-order valence-corrected chi connectivity index (χ2v) is 6.09. The Morgan fingerprint density at radius 2 is 1.94 bits per heavy atom. The molecule has 0 saturated carbocycles. The fourth-order valence-electron chi connectivity index (χ4n) is 1.25. The summed E-state index contributed by atoms with van der Waals surface area (Å²) in [6, 6.07) is 10.3. The number of sulfone groups is 1. The van der Waals surface area contributed by atoms with E-state index in [-0.39, 0.29) is 17.4 Å². The lowest BCUT2D eigenvalue weighted by atomic mass is 10.3. The number of benzene rings is 1. The highest BCUT2D eigenvalue weighted by atomic mass is 35.5. The van der Waals surface area contributed by atoms with Crippen molar-refractivity contribution in [3.63, 3.8) is 0 Å². The van der Waals surface area contributed by atoms with Crippen LogP contribution in [0.2, 0.25) is 0 Å². The largest absolute Gasteiger partial charge is 0.385 e. The van der Waals surface area contributed by atoms with Gasteiger partial charge in [0.15, 0.2) is 9.84 Å². The minimum absolute atomic E-state index is 0.0643. The lowest BCUT2D eigenvalue weighted by molar-refractivity contribution is 0.595. The van der Waals surface area contributed by atoms with Gasteiger partial charge in [0, 0.05) is 18.1 Å². The molecule has 0 bridgehead atoms. The molecule has 3 nitrogen and oxygen atoms in total. The van der Waals surface area contributed by atoms with E-state index in [1.54, 1.807) is 0 Å². The van der Waals surface area contributed by atoms with E-state index in [2.05, 4.69) is 11.4 Å². The molecule has 0 amide bonds. The van der Waals surface area contributed by atoms with E-state index in [1.807, 2.05) is 24.3 Å². The molecule has 1 aromatic carbocycles. The molecule has 1 radical (unpaired) electrons. The predicted molar refractivity (Wildman–Crippen MR) is 67.8 cm³/mol. The first-order chi connectivity index (χ1) is 7.64. The number of alkyl halides is 1. The molecule has 0 spiro atoms. The number of nitrogens with one attached hydrogen (secondary N) is 1. The van der Waals surface area contributed by atoms with Crippen LogP contribution < -0.4 is 5.32 Å². The molecule has 0 unspecified atom stereocenters. The van der Waals surface area contributed by atoms with Gasteiger partial charge in [-0.1, -0.05) is 12.1 Å². The second kappa shape index (κ2) is 6.76. The van der Waals surface area contributed by atoms with Gasteiger partial charge in [-0.15, -0.1) is 11.6 Å². The maximum atomic E-state index is 11.3. The quantitative estimate of drug-likeness (QED) is 0.602. The molecule has 16 heavy (non-hydrogen) atoms. The topological polar surface area (TPSA) is 46.2 Å². The van der Waals surface area contributed by atoms with Crippen LogP contribution in [-0.2, 0) is 9.84 Å². The molecule has 0 aliphatic carbocycles. The van der Waals surface area contributed by atoms with Gasteiger partial charge < -0.3 is 5.32 Å². The molecule has 0 fully saturated rings. The molecule has 89 valence electrons. The Labute approximate surface area is 102 Å². The van der Waals surface area contributed by atoms with E-state index >= 15 is 0 Å². The van der Waals surface area contributed by atoms with Crippen LogP contribution in [0.15, 0.2) is 24.3 Å². The third-order valence-electron chi connectivity index (χ3n) is 2.07. The first-order valence-corrected chi connectivity index (χ1v) is 7.46. The zero-order valence-corrected chi connectivity index (χ0v) is 10.5. The Hall–Kier alpha value is -0.740. The van der Waals surface area contributed by atoms with Crippen molar-refractivity contribution in [2.24, 2.45) is 0 Å². The summed E-state index contributed by atoms with van der Waals surface area (Å²) in [5, 5.41) is 3.14. The van der Waals surface area contributed by atoms with Gasteiger partial charge in [-0.2, -0.15) is 0 Å². The van der Waals surface area contributed by atoms with Crippen molar-refractivity contribution in [1.29, 1.82) is 0 Å². The molecule has 0 heterocycles. The van der Waals surface area contributed by atoms with E-state index in [9.17, 15) is 8.42 Å². The number of rotatable bonds is 7. The fraction of sp³-hybridized carbons (Fsp3) is 0.455. The minimum atomic E-state index is -2.96. The van der Waals surface area contributed by atoms with Crippen LogP contribution in [0.1, 0.15) is 6.42 Å². The van der Waals surface area contributed by atoms with E-state index < -0.39 is 9.84 Å². The lowest BCUT2D eigenvalue weighted by Gasteiger charge is -2.05. The van der Waals surface area contributed by atoms with Gasteiger partial charge in [-0.3, -0.25) is 0 Å². The van der Waals surface area contributed by atoms with Crippen molar-refractivity contribution >= 4 is 27.1 Å². The van der Waals surface area contributed by atoms with Crippen LogP contribution in [0, 0.1) is 6.07 Å². The first kappa shape index (κ1) is 13.3. The molecule has 0 aliphatic rings. The Morgan fingerprint density at radius 1 is 1.25 bits per heavy atom. The maximum absolute atomic E-state index is 11.3. The van der Waals surface area contributed by atoms with Gasteiger partial charge in [-0.05, 0) is 24.6 Å². The monoisotopic (exact) mass is 260 g/mol. The van der Waals surface area contributed by atoms with Crippen molar-refractivity contribution in [3.8, 4) is 0 Å². The minimum Gasteiger partial charge on any atom is -0.385 e. The van der Waals surface area contributed by atoms with Gasteiger partial charge >= 0.3 is 0 Å². The predicted octanol–water partition coefficient (Wildman–Crippen LogP) is 1.94. The van der Waals surface area contributed by atoms with Gasteiger partial charge in [0.1, 0.15) is 0 Å². The summed E-state index contributed by atoms with van der Waals surface area (Å²) in [4.78, 5) is 0. The van der Waals surface area contributed by atoms with E-state index in [4.69, 9.17) is 11.6 Å². The molecule has 0 aromatic heterocycles. The number of hydrogen-bond acceptors (Lipinski definition) is 3. The van der Waals surface area contributed by atoms with E-state index in [1.165, 1.54) is 0 Å². The standard InChI is InChI=1S/C11H15ClNO2S/c12-7-10-16(14,15)9-4-8-13-11-5-2-1-3-6-11/h2-3,5-6,13H,4,7-10H2. The average Bonchev–Trinajstić information content (AvgIpc) is 2.26. The highest BCUT2D eigenvalue weighted by molar-refractivity contribution is 7.91. The summed E-state index contributed by atoms with van der Waals surface area (Å²) in [6.45, 7) is 0.644. The molecular weight excluding hydrogens is 246 g/mol. The zero-order chi connectivity index (χ0) is 11.9. The fourth-order valence-corrected chi connectivity index (χ4v) is 2.98. The normalized spacial score (nSPS) is 11.3. The molecular formula is C11H15ClNO2S. The smallest absolute Gasteiger partial charge is 0.151 e. The second-order valence-electron chi connectivity index (χ2n) is 3.41. The van der Waals surface area contributed by atoms with E-state index in [0.717, 1.165) is 5.69 Å². The summed E-state index contributed by atoms with van der Waals surface area (Å²) in [5.74, 6) is 0.421. The van der Waals surface area contributed by atoms with Crippen LogP contribution in [0.3, 0.4) is 0 Å². The van der Waals surface area contributed by atoms with Crippen LogP contribution in [0.25, 0.3) is 0 Å². The Kier molecular flexibility index (Phi) is 5.63. The van der Waals surface area contributed by atoms with E-state index in [0.29, 0.717) is 13.0 Å². The summed E-state index contributed by atoms with van der Waals surface area (Å²) in [5.41, 5.74) is 0.980. The van der Waals surface area contributed by atoms with Gasteiger partial charge in [0.25, 0.3) is 0 Å². The molecule has 0 atom stereocenters. The number of anilines is 1. The maximum Gasteiger partial charge on any atom is 0.151 e. The van der Waals surface area contributed by atoms with Crippen molar-refractivity contribution in [2.75, 3.05) is 29.2 Å². The molecule has 5 heteroatoms. The Balaban J connectivity index is 2.22. The molecule has 0 saturated heterocycles. The third kappa shape index (κ3) is 5.37. The lowest BCUT2D eigenvalue weighted by Crippen LogP contribution is -2.15. The molecule has 1 aromatic rings. The van der Waals surface area contributed by atoms with Crippen LogP contribution in [-0.4, -0.2) is 32.3 Å². The zero-order valence-electron chi connectivity index (χ0n) is 8.95. The summed E-state index contributed by atoms with van der Waals surface area (Å²) < 4.78 is 22.6. The van der Waals surface area contributed by atoms with Crippen molar-refractivity contribution in [1.82, 2.24) is 0 Å². The molecule has 1 rings (SSSR count). The number of hydrogen-bond donors (Lipinski definition) is 1. The first-order valence-electron chi connectivity index (χ1n) is 5.10.